The zero-order chi connectivity index (χ0) is 17.8. The molecule has 126 valence electrons. The van der Waals surface area contributed by atoms with Crippen molar-refractivity contribution in [2.24, 2.45) is 0 Å². The monoisotopic (exact) mass is 330 g/mol. The van der Waals surface area contributed by atoms with Crippen LogP contribution in [-0.4, -0.2) is 25.6 Å². The molecule has 1 rings (SSSR count). The van der Waals surface area contributed by atoms with Gasteiger partial charge in [-0.1, -0.05) is 13.8 Å². The van der Waals surface area contributed by atoms with Crippen LogP contribution >= 0.6 is 0 Å². The second kappa shape index (κ2) is 10.7. The third kappa shape index (κ3) is 13.0. The summed E-state index contributed by atoms with van der Waals surface area (Å²) >= 11 is 0. The van der Waals surface area contributed by atoms with Crippen molar-refractivity contribution < 1.29 is 35.8 Å². The van der Waals surface area contributed by atoms with Crippen molar-refractivity contribution in [1.82, 2.24) is 0 Å². The summed E-state index contributed by atoms with van der Waals surface area (Å²) in [6.45, 7) is 1.07. The number of benzene rings is 1. The molecule has 0 fully saturated rings. The van der Waals surface area contributed by atoms with Crippen LogP contribution in [0.5, 0.6) is 11.5 Å². The summed E-state index contributed by atoms with van der Waals surface area (Å²) in [5.74, 6) is -0.210. The molecular weight excluding hydrogens is 314 g/mol. The van der Waals surface area contributed by atoms with Gasteiger partial charge in [-0.05, 0) is 24.3 Å². The summed E-state index contributed by atoms with van der Waals surface area (Å²) < 4.78 is 79.5. The highest BCUT2D eigenvalue weighted by Gasteiger charge is 2.29. The zero-order valence-electron chi connectivity index (χ0n) is 12.0. The van der Waals surface area contributed by atoms with Crippen molar-refractivity contribution in [1.29, 1.82) is 0 Å². The first-order chi connectivity index (χ1) is 10.2. The predicted molar refractivity (Wildman–Crippen MR) is 70.8 cm³/mol. The standard InChI is InChI=1S/C10H8F6O2.C2H6.C2H2/c11-9(12,13)5-17-7-1-2-8(4-3-7)18-6-10(14,15)16;2*1-2/h1-4H,5-6H2;1-2H3;1-2H. The fourth-order valence-corrected chi connectivity index (χ4v) is 0.962. The van der Waals surface area contributed by atoms with Gasteiger partial charge in [-0.25, -0.2) is 0 Å². The maximum absolute atomic E-state index is 11.8. The smallest absolute Gasteiger partial charge is 0.422 e. The summed E-state index contributed by atoms with van der Waals surface area (Å²) in [4.78, 5) is 0. The first-order valence-electron chi connectivity index (χ1n) is 5.98. The van der Waals surface area contributed by atoms with Gasteiger partial charge in [-0.3, -0.25) is 0 Å². The Labute approximate surface area is 125 Å². The highest BCUT2D eigenvalue weighted by Crippen LogP contribution is 2.23. The van der Waals surface area contributed by atoms with Crippen LogP contribution in [0, 0.1) is 12.8 Å². The molecule has 8 heteroatoms. The molecule has 0 aliphatic heterocycles. The van der Waals surface area contributed by atoms with Gasteiger partial charge in [0.1, 0.15) is 11.5 Å². The number of terminal acetylenes is 1. The molecule has 2 nitrogen and oxygen atoms in total. The van der Waals surface area contributed by atoms with Crippen LogP contribution in [0.1, 0.15) is 13.8 Å². The molecule has 0 aromatic heterocycles. The van der Waals surface area contributed by atoms with Gasteiger partial charge in [0.2, 0.25) is 0 Å². The Kier molecular flexibility index (Phi) is 10.8. The van der Waals surface area contributed by atoms with E-state index in [9.17, 15) is 26.3 Å². The number of rotatable bonds is 4. The second-order valence-corrected chi connectivity index (χ2v) is 3.28. The molecule has 0 heterocycles. The molecule has 0 N–H and O–H groups in total. The largest absolute Gasteiger partial charge is 0.484 e. The maximum Gasteiger partial charge on any atom is 0.422 e. The Bertz CT molecular complexity index is 369. The van der Waals surface area contributed by atoms with Crippen molar-refractivity contribution in [2.45, 2.75) is 26.2 Å². The lowest BCUT2D eigenvalue weighted by Gasteiger charge is -2.11. The van der Waals surface area contributed by atoms with Gasteiger partial charge in [-0.15, -0.1) is 12.8 Å². The van der Waals surface area contributed by atoms with Crippen molar-refractivity contribution in [2.75, 3.05) is 13.2 Å². The highest BCUT2D eigenvalue weighted by atomic mass is 19.4. The summed E-state index contributed by atoms with van der Waals surface area (Å²) in [5, 5.41) is 0. The van der Waals surface area contributed by atoms with E-state index in [4.69, 9.17) is 0 Å². The van der Waals surface area contributed by atoms with Crippen LogP contribution in [-0.2, 0) is 0 Å². The van der Waals surface area contributed by atoms with E-state index in [0.717, 1.165) is 24.3 Å². The Morgan fingerprint density at radius 3 is 1.14 bits per heavy atom. The summed E-state index contributed by atoms with van der Waals surface area (Å²) in [6, 6.07) is 4.38. The lowest BCUT2D eigenvalue weighted by Crippen LogP contribution is -2.19. The van der Waals surface area contributed by atoms with Gasteiger partial charge in [0.05, 0.1) is 0 Å². The molecule has 0 aliphatic carbocycles. The van der Waals surface area contributed by atoms with Gasteiger partial charge >= 0.3 is 12.4 Å². The molecule has 0 bridgehead atoms. The molecule has 0 spiro atoms. The number of hydrogen-bond acceptors (Lipinski definition) is 2. The molecule has 0 saturated heterocycles. The molecule has 1 aromatic rings. The van der Waals surface area contributed by atoms with Gasteiger partial charge in [-0.2, -0.15) is 26.3 Å². The van der Waals surface area contributed by atoms with E-state index < -0.39 is 25.6 Å². The Balaban J connectivity index is 0. The van der Waals surface area contributed by atoms with Gasteiger partial charge in [0, 0.05) is 0 Å². The van der Waals surface area contributed by atoms with Crippen LogP contribution < -0.4 is 9.47 Å². The average Bonchev–Trinajstić information content (AvgIpc) is 2.47. The maximum atomic E-state index is 11.8. The molecule has 1 aromatic carbocycles. The van der Waals surface area contributed by atoms with Crippen molar-refractivity contribution >= 4 is 0 Å². The van der Waals surface area contributed by atoms with E-state index in [1.54, 1.807) is 0 Å². The van der Waals surface area contributed by atoms with E-state index >= 15 is 0 Å². The topological polar surface area (TPSA) is 18.5 Å². The average molecular weight is 330 g/mol. The molecule has 0 saturated carbocycles. The lowest BCUT2D eigenvalue weighted by atomic mass is 10.3. The number of alkyl halides is 6. The molecule has 0 unspecified atom stereocenters. The minimum Gasteiger partial charge on any atom is -0.484 e. The minimum atomic E-state index is -4.47. The third-order valence-electron chi connectivity index (χ3n) is 1.63. The molecule has 0 amide bonds. The van der Waals surface area contributed by atoms with Crippen LogP contribution in [0.25, 0.3) is 0 Å². The van der Waals surface area contributed by atoms with Crippen molar-refractivity contribution in [3.8, 4) is 24.3 Å². The van der Waals surface area contributed by atoms with E-state index in [0.29, 0.717) is 0 Å². The van der Waals surface area contributed by atoms with E-state index in [1.807, 2.05) is 13.8 Å². The first kappa shape index (κ1) is 22.2. The molecule has 0 radical (unpaired) electrons. The summed E-state index contributed by atoms with van der Waals surface area (Å²) in [6.07, 6.45) is -0.934. The molecule has 22 heavy (non-hydrogen) atoms. The van der Waals surface area contributed by atoms with E-state index in [2.05, 4.69) is 22.3 Å². The van der Waals surface area contributed by atoms with Crippen LogP contribution in [0.4, 0.5) is 26.3 Å². The molecule has 0 atom stereocenters. The normalized spacial score (nSPS) is 10.5. The summed E-state index contributed by atoms with van der Waals surface area (Å²) in [7, 11) is 0. The number of halogens is 6. The summed E-state index contributed by atoms with van der Waals surface area (Å²) in [5.41, 5.74) is 0. The Morgan fingerprint density at radius 2 is 0.955 bits per heavy atom. The number of ether oxygens (including phenoxy) is 2. The molecule has 0 aliphatic rings. The SMILES string of the molecule is C#C.CC.FC(F)(F)COc1ccc(OCC(F)(F)F)cc1. The Morgan fingerprint density at radius 1 is 0.727 bits per heavy atom. The van der Waals surface area contributed by atoms with Gasteiger partial charge < -0.3 is 9.47 Å². The molecular formula is C14H16F6O2. The Hall–Kier alpha value is -2.04. The third-order valence-corrected chi connectivity index (χ3v) is 1.63. The quantitative estimate of drug-likeness (QED) is 0.581. The van der Waals surface area contributed by atoms with Gasteiger partial charge in [0.15, 0.2) is 13.2 Å². The predicted octanol–water partition coefficient (Wildman–Crippen LogP) is 4.84. The van der Waals surface area contributed by atoms with Crippen LogP contribution in [0.15, 0.2) is 24.3 Å². The van der Waals surface area contributed by atoms with E-state index in [1.165, 1.54) is 0 Å². The highest BCUT2D eigenvalue weighted by molar-refractivity contribution is 5.31. The first-order valence-corrected chi connectivity index (χ1v) is 5.98. The van der Waals surface area contributed by atoms with Crippen molar-refractivity contribution in [3.63, 3.8) is 0 Å². The van der Waals surface area contributed by atoms with Gasteiger partial charge in [0.25, 0.3) is 0 Å². The fourth-order valence-electron chi connectivity index (χ4n) is 0.962. The minimum absolute atomic E-state index is 0.105. The van der Waals surface area contributed by atoms with Crippen LogP contribution in [0.2, 0.25) is 0 Å². The van der Waals surface area contributed by atoms with Crippen molar-refractivity contribution in [3.05, 3.63) is 24.3 Å². The second-order valence-electron chi connectivity index (χ2n) is 3.28. The van der Waals surface area contributed by atoms with E-state index in [-0.39, 0.29) is 11.5 Å². The lowest BCUT2D eigenvalue weighted by molar-refractivity contribution is -0.154. The fraction of sp³-hybridized carbons (Fsp3) is 0.429. The van der Waals surface area contributed by atoms with Crippen LogP contribution in [0.3, 0.4) is 0 Å². The number of hydrogen-bond donors (Lipinski definition) is 0. The zero-order valence-corrected chi connectivity index (χ0v) is 12.0.